The van der Waals surface area contributed by atoms with E-state index in [0.717, 1.165) is 39.0 Å². The lowest BCUT2D eigenvalue weighted by atomic mass is 10.0. The van der Waals surface area contributed by atoms with Crippen LogP contribution in [0, 0.1) is 0 Å². The fourth-order valence-electron chi connectivity index (χ4n) is 3.08. The monoisotopic (exact) mass is 253 g/mol. The minimum Gasteiger partial charge on any atom is -0.355 e. The molecule has 0 aromatic heterocycles. The van der Waals surface area contributed by atoms with Crippen molar-refractivity contribution in [2.24, 2.45) is 0 Å². The van der Waals surface area contributed by atoms with Crippen LogP contribution in [-0.2, 0) is 4.79 Å². The average Bonchev–Trinajstić information content (AvgIpc) is 2.61. The van der Waals surface area contributed by atoms with Crippen LogP contribution in [-0.4, -0.2) is 49.1 Å². The number of piperidine rings is 1. The lowest BCUT2D eigenvalue weighted by molar-refractivity contribution is -0.126. The van der Waals surface area contributed by atoms with Crippen molar-refractivity contribution in [1.82, 2.24) is 15.5 Å². The van der Waals surface area contributed by atoms with Gasteiger partial charge in [-0.25, -0.2) is 0 Å². The van der Waals surface area contributed by atoms with E-state index < -0.39 is 0 Å². The van der Waals surface area contributed by atoms with Crippen LogP contribution in [0.3, 0.4) is 0 Å². The zero-order valence-electron chi connectivity index (χ0n) is 11.6. The first-order chi connectivity index (χ1) is 8.81. The molecular formula is C14H27N3O. The Kier molecular flexibility index (Phi) is 5.45. The van der Waals surface area contributed by atoms with Crippen molar-refractivity contribution in [3.05, 3.63) is 0 Å². The number of rotatable bonds is 4. The van der Waals surface area contributed by atoms with Gasteiger partial charge in [0.25, 0.3) is 0 Å². The highest BCUT2D eigenvalue weighted by molar-refractivity contribution is 5.81. The van der Waals surface area contributed by atoms with Crippen LogP contribution in [0.25, 0.3) is 0 Å². The molecule has 0 aromatic rings. The molecule has 4 nitrogen and oxygen atoms in total. The molecule has 2 heterocycles. The van der Waals surface area contributed by atoms with Gasteiger partial charge in [-0.2, -0.15) is 0 Å². The van der Waals surface area contributed by atoms with Crippen molar-refractivity contribution in [3.63, 3.8) is 0 Å². The van der Waals surface area contributed by atoms with Gasteiger partial charge in [0.1, 0.15) is 0 Å². The number of nitrogens with zero attached hydrogens (tertiary/aromatic N) is 1. The van der Waals surface area contributed by atoms with Crippen LogP contribution in [0.15, 0.2) is 0 Å². The van der Waals surface area contributed by atoms with Crippen LogP contribution in [0.4, 0.5) is 0 Å². The molecule has 2 atom stereocenters. The summed E-state index contributed by atoms with van der Waals surface area (Å²) in [5.74, 6) is 0.253. The van der Waals surface area contributed by atoms with E-state index in [1.807, 2.05) is 0 Å². The highest BCUT2D eigenvalue weighted by atomic mass is 16.2. The summed E-state index contributed by atoms with van der Waals surface area (Å²) in [7, 11) is 0. The minimum atomic E-state index is 0.124. The zero-order chi connectivity index (χ0) is 12.8. The number of nitrogens with one attached hydrogen (secondary N) is 2. The molecular weight excluding hydrogens is 226 g/mol. The number of hydrogen-bond donors (Lipinski definition) is 2. The van der Waals surface area contributed by atoms with Crippen molar-refractivity contribution in [1.29, 1.82) is 0 Å². The Morgan fingerprint density at radius 3 is 3.06 bits per heavy atom. The third-order valence-electron chi connectivity index (χ3n) is 4.08. The molecule has 0 aliphatic carbocycles. The number of carbonyl (C=O) groups is 1. The Bertz CT molecular complexity index is 270. The summed E-state index contributed by atoms with van der Waals surface area (Å²) < 4.78 is 0. The Balaban J connectivity index is 1.88. The Morgan fingerprint density at radius 2 is 2.22 bits per heavy atom. The fraction of sp³-hybridized carbons (Fsp3) is 0.929. The topological polar surface area (TPSA) is 44.4 Å². The molecule has 0 aromatic carbocycles. The number of likely N-dealkylation sites (tertiary alicyclic amines) is 1. The fourth-order valence-corrected chi connectivity index (χ4v) is 3.08. The summed E-state index contributed by atoms with van der Waals surface area (Å²) in [6, 6.07) is 0.702. The Morgan fingerprint density at radius 1 is 1.33 bits per heavy atom. The van der Waals surface area contributed by atoms with Gasteiger partial charge in [0.2, 0.25) is 5.91 Å². The third kappa shape index (κ3) is 3.69. The van der Waals surface area contributed by atoms with E-state index in [4.69, 9.17) is 0 Å². The van der Waals surface area contributed by atoms with Crippen molar-refractivity contribution in [2.45, 2.75) is 57.5 Å². The summed E-state index contributed by atoms with van der Waals surface area (Å²) in [5, 5.41) is 6.65. The first-order valence-corrected chi connectivity index (χ1v) is 7.56. The first-order valence-electron chi connectivity index (χ1n) is 7.56. The predicted molar refractivity (Wildman–Crippen MR) is 73.5 cm³/mol. The molecule has 2 aliphatic heterocycles. The van der Waals surface area contributed by atoms with Crippen LogP contribution in [0.2, 0.25) is 0 Å². The van der Waals surface area contributed by atoms with Crippen molar-refractivity contribution < 1.29 is 4.79 Å². The van der Waals surface area contributed by atoms with Gasteiger partial charge in [0.15, 0.2) is 0 Å². The van der Waals surface area contributed by atoms with E-state index in [0.29, 0.717) is 6.04 Å². The molecule has 2 unspecified atom stereocenters. The van der Waals surface area contributed by atoms with Crippen molar-refractivity contribution in [3.8, 4) is 0 Å². The van der Waals surface area contributed by atoms with Gasteiger partial charge in [-0.1, -0.05) is 6.92 Å². The van der Waals surface area contributed by atoms with Crippen LogP contribution < -0.4 is 10.6 Å². The minimum absolute atomic E-state index is 0.124. The number of carbonyl (C=O) groups excluding carboxylic acids is 1. The quantitative estimate of drug-likeness (QED) is 0.789. The normalized spacial score (nSPS) is 30.8. The SMILES string of the molecule is CCCNC1CCCN(C2CCCCNC2=O)C1. The standard InChI is InChI=1S/C14H27N3O/c1-2-8-15-12-6-5-10-17(11-12)13-7-3-4-9-16-14(13)18/h12-13,15H,2-11H2,1H3,(H,16,18). The molecule has 104 valence electrons. The molecule has 2 aliphatic rings. The van der Waals surface area contributed by atoms with Gasteiger partial charge in [-0.05, 0) is 51.6 Å². The molecule has 18 heavy (non-hydrogen) atoms. The van der Waals surface area contributed by atoms with E-state index in [1.165, 1.54) is 25.7 Å². The third-order valence-corrected chi connectivity index (χ3v) is 4.08. The van der Waals surface area contributed by atoms with Gasteiger partial charge >= 0.3 is 0 Å². The maximum absolute atomic E-state index is 12.1. The second-order valence-corrected chi connectivity index (χ2v) is 5.59. The summed E-state index contributed by atoms with van der Waals surface area (Å²) in [6.07, 6.45) is 6.99. The van der Waals surface area contributed by atoms with Gasteiger partial charge in [0.05, 0.1) is 6.04 Å². The van der Waals surface area contributed by atoms with E-state index in [2.05, 4.69) is 22.5 Å². The van der Waals surface area contributed by atoms with E-state index in [9.17, 15) is 4.79 Å². The Hall–Kier alpha value is -0.610. The maximum atomic E-state index is 12.1. The maximum Gasteiger partial charge on any atom is 0.237 e. The molecule has 0 spiro atoms. The summed E-state index contributed by atoms with van der Waals surface area (Å²) in [5.41, 5.74) is 0. The van der Waals surface area contributed by atoms with Crippen molar-refractivity contribution in [2.75, 3.05) is 26.2 Å². The Labute approximate surface area is 110 Å². The predicted octanol–water partition coefficient (Wildman–Crippen LogP) is 1.12. The molecule has 2 rings (SSSR count). The summed E-state index contributed by atoms with van der Waals surface area (Å²) >= 11 is 0. The van der Waals surface area contributed by atoms with E-state index >= 15 is 0 Å². The van der Waals surface area contributed by atoms with Gasteiger partial charge < -0.3 is 10.6 Å². The first kappa shape index (κ1) is 13.8. The second-order valence-electron chi connectivity index (χ2n) is 5.59. The van der Waals surface area contributed by atoms with E-state index in [-0.39, 0.29) is 11.9 Å². The molecule has 2 saturated heterocycles. The largest absolute Gasteiger partial charge is 0.355 e. The molecule has 0 bridgehead atoms. The highest BCUT2D eigenvalue weighted by Crippen LogP contribution is 2.18. The molecule has 2 fully saturated rings. The van der Waals surface area contributed by atoms with Gasteiger partial charge in [0, 0.05) is 19.1 Å². The van der Waals surface area contributed by atoms with Gasteiger partial charge in [-0.3, -0.25) is 9.69 Å². The highest BCUT2D eigenvalue weighted by Gasteiger charge is 2.30. The summed E-state index contributed by atoms with van der Waals surface area (Å²) in [4.78, 5) is 14.5. The smallest absolute Gasteiger partial charge is 0.237 e. The molecule has 4 heteroatoms. The lowest BCUT2D eigenvalue weighted by Crippen LogP contribution is -2.53. The van der Waals surface area contributed by atoms with E-state index in [1.54, 1.807) is 0 Å². The average molecular weight is 253 g/mol. The number of hydrogen-bond acceptors (Lipinski definition) is 3. The van der Waals surface area contributed by atoms with Gasteiger partial charge in [-0.15, -0.1) is 0 Å². The molecule has 2 N–H and O–H groups in total. The molecule has 1 amide bonds. The molecule has 0 radical (unpaired) electrons. The second kappa shape index (κ2) is 7.10. The van der Waals surface area contributed by atoms with Crippen molar-refractivity contribution >= 4 is 5.91 Å². The molecule has 0 saturated carbocycles. The zero-order valence-corrected chi connectivity index (χ0v) is 11.6. The van der Waals surface area contributed by atoms with Crippen LogP contribution in [0.5, 0.6) is 0 Å². The number of amides is 1. The lowest BCUT2D eigenvalue weighted by Gasteiger charge is -2.37. The van der Waals surface area contributed by atoms with Crippen LogP contribution >= 0.6 is 0 Å². The van der Waals surface area contributed by atoms with Crippen LogP contribution in [0.1, 0.15) is 45.4 Å². The summed E-state index contributed by atoms with van der Waals surface area (Å²) in [6.45, 7) is 6.28.